The fourth-order valence-electron chi connectivity index (χ4n) is 3.85. The topological polar surface area (TPSA) is 87.0 Å². The molecule has 0 aliphatic carbocycles. The van der Waals surface area contributed by atoms with Crippen molar-refractivity contribution >= 4 is 17.7 Å². The Labute approximate surface area is 180 Å². The highest BCUT2D eigenvalue weighted by molar-refractivity contribution is 6.10. The predicted octanol–water partition coefficient (Wildman–Crippen LogP) is 1.98. The normalized spacial score (nSPS) is 19.9. The number of amides is 3. The second-order valence-corrected chi connectivity index (χ2v) is 8.17. The van der Waals surface area contributed by atoms with Crippen molar-refractivity contribution < 1.29 is 23.3 Å². The third-order valence-electron chi connectivity index (χ3n) is 5.88. The Morgan fingerprint density at radius 1 is 1.26 bits per heavy atom. The zero-order valence-corrected chi connectivity index (χ0v) is 18.2. The highest BCUT2D eigenvalue weighted by Crippen LogP contribution is 2.41. The number of imide groups is 1. The number of halogens is 1. The van der Waals surface area contributed by atoms with Gasteiger partial charge in [0.15, 0.2) is 0 Å². The van der Waals surface area contributed by atoms with E-state index in [0.29, 0.717) is 12.2 Å². The summed E-state index contributed by atoms with van der Waals surface area (Å²) in [5.41, 5.74) is -0.961. The van der Waals surface area contributed by atoms with E-state index in [1.54, 1.807) is 26.1 Å². The van der Waals surface area contributed by atoms with Crippen LogP contribution >= 0.6 is 0 Å². The van der Waals surface area contributed by atoms with Crippen molar-refractivity contribution in [2.45, 2.75) is 31.2 Å². The van der Waals surface area contributed by atoms with Crippen LogP contribution in [0.5, 0.6) is 0 Å². The number of hydrogen-bond donors (Lipinski definition) is 0. The molecular weight excluding hydrogens is 403 g/mol. The molecule has 3 rings (SSSR count). The van der Waals surface area contributed by atoms with Crippen molar-refractivity contribution in [2.75, 3.05) is 34.2 Å². The molecule has 0 saturated carbocycles. The third kappa shape index (κ3) is 4.36. The SMILES string of the molecule is C[C@H](c1ccon1)N(C)C(=O)C[C@@]1(c2ccccc2F)CC(=O)N(CCN(C)C)C1=O. The minimum absolute atomic E-state index is 0.0662. The van der Waals surface area contributed by atoms with Crippen LogP contribution in [0.1, 0.15) is 37.1 Å². The van der Waals surface area contributed by atoms with Crippen molar-refractivity contribution in [3.8, 4) is 0 Å². The molecule has 9 heteroatoms. The fourth-order valence-corrected chi connectivity index (χ4v) is 3.85. The summed E-state index contributed by atoms with van der Waals surface area (Å²) < 4.78 is 19.7. The van der Waals surface area contributed by atoms with E-state index in [-0.39, 0.29) is 24.9 Å². The molecule has 0 unspecified atom stereocenters. The van der Waals surface area contributed by atoms with E-state index in [0.717, 1.165) is 4.90 Å². The Kier molecular flexibility index (Phi) is 6.54. The van der Waals surface area contributed by atoms with Gasteiger partial charge in [-0.05, 0) is 27.1 Å². The zero-order valence-electron chi connectivity index (χ0n) is 18.2. The number of rotatable bonds is 8. The Balaban J connectivity index is 1.95. The van der Waals surface area contributed by atoms with E-state index in [1.807, 2.05) is 19.0 Å². The largest absolute Gasteiger partial charge is 0.364 e. The molecule has 1 saturated heterocycles. The first-order valence-electron chi connectivity index (χ1n) is 10.1. The van der Waals surface area contributed by atoms with Crippen LogP contribution in [0.25, 0.3) is 0 Å². The van der Waals surface area contributed by atoms with Gasteiger partial charge in [0.05, 0.1) is 11.5 Å². The highest BCUT2D eigenvalue weighted by atomic mass is 19.1. The molecule has 3 amide bonds. The Hall–Kier alpha value is -3.07. The summed E-state index contributed by atoms with van der Waals surface area (Å²) in [5, 5.41) is 3.86. The van der Waals surface area contributed by atoms with E-state index in [2.05, 4.69) is 5.16 Å². The number of carbonyl (C=O) groups is 3. The Bertz CT molecular complexity index is 962. The monoisotopic (exact) mass is 430 g/mol. The number of carbonyl (C=O) groups excluding carboxylic acids is 3. The predicted molar refractivity (Wildman–Crippen MR) is 110 cm³/mol. The second-order valence-electron chi connectivity index (χ2n) is 8.17. The van der Waals surface area contributed by atoms with Crippen molar-refractivity contribution in [3.63, 3.8) is 0 Å². The van der Waals surface area contributed by atoms with E-state index < -0.39 is 35.0 Å². The summed E-state index contributed by atoms with van der Waals surface area (Å²) >= 11 is 0. The molecule has 1 aliphatic rings. The minimum Gasteiger partial charge on any atom is -0.364 e. The van der Waals surface area contributed by atoms with Crippen molar-refractivity contribution in [3.05, 3.63) is 53.7 Å². The molecule has 0 bridgehead atoms. The molecule has 1 aromatic carbocycles. The molecule has 31 heavy (non-hydrogen) atoms. The molecule has 2 atom stereocenters. The number of benzene rings is 1. The summed E-state index contributed by atoms with van der Waals surface area (Å²) in [4.78, 5) is 43.9. The summed E-state index contributed by atoms with van der Waals surface area (Å²) in [5.74, 6) is -1.96. The number of hydrogen-bond acceptors (Lipinski definition) is 6. The van der Waals surface area contributed by atoms with Gasteiger partial charge in [0.25, 0.3) is 0 Å². The van der Waals surface area contributed by atoms with Gasteiger partial charge in [0, 0.05) is 44.6 Å². The molecular formula is C22H27FN4O4. The van der Waals surface area contributed by atoms with Gasteiger partial charge in [-0.25, -0.2) is 4.39 Å². The molecule has 0 N–H and O–H groups in total. The van der Waals surface area contributed by atoms with Crippen LogP contribution in [0.15, 0.2) is 41.1 Å². The van der Waals surface area contributed by atoms with Crippen molar-refractivity contribution in [1.82, 2.24) is 19.9 Å². The number of likely N-dealkylation sites (tertiary alicyclic amines) is 1. The number of likely N-dealkylation sites (N-methyl/N-ethyl adjacent to an activating group) is 1. The second kappa shape index (κ2) is 8.97. The maximum absolute atomic E-state index is 14.8. The molecule has 8 nitrogen and oxygen atoms in total. The summed E-state index contributed by atoms with van der Waals surface area (Å²) in [6.07, 6.45) is 0.834. The molecule has 2 aromatic rings. The lowest BCUT2D eigenvalue weighted by molar-refractivity contribution is -0.143. The number of nitrogens with zero attached hydrogens (tertiary/aromatic N) is 4. The van der Waals surface area contributed by atoms with Crippen LogP contribution in [-0.2, 0) is 19.8 Å². The lowest BCUT2D eigenvalue weighted by atomic mass is 9.75. The summed E-state index contributed by atoms with van der Waals surface area (Å²) in [6, 6.07) is 7.06. The Morgan fingerprint density at radius 3 is 2.58 bits per heavy atom. The smallest absolute Gasteiger partial charge is 0.241 e. The molecule has 166 valence electrons. The average molecular weight is 430 g/mol. The van der Waals surface area contributed by atoms with Gasteiger partial charge < -0.3 is 14.3 Å². The fraction of sp³-hybridized carbons (Fsp3) is 0.455. The summed E-state index contributed by atoms with van der Waals surface area (Å²) in [7, 11) is 5.25. The van der Waals surface area contributed by atoms with Crippen LogP contribution in [0.4, 0.5) is 4.39 Å². The molecule has 0 radical (unpaired) electrons. The molecule has 1 aliphatic heterocycles. The van der Waals surface area contributed by atoms with Crippen molar-refractivity contribution in [2.24, 2.45) is 0 Å². The Morgan fingerprint density at radius 2 is 1.97 bits per heavy atom. The first-order chi connectivity index (χ1) is 14.7. The molecule has 1 fully saturated rings. The van der Waals surface area contributed by atoms with Gasteiger partial charge in [-0.15, -0.1) is 0 Å². The van der Waals surface area contributed by atoms with Crippen LogP contribution in [0.3, 0.4) is 0 Å². The highest BCUT2D eigenvalue weighted by Gasteiger charge is 2.55. The lowest BCUT2D eigenvalue weighted by Crippen LogP contribution is -2.45. The minimum atomic E-state index is -1.58. The standard InChI is InChI=1S/C22H27FN4O4/c1-15(18-9-12-31-24-18)26(4)19(28)13-22(16-7-5-6-8-17(16)23)14-20(29)27(21(22)30)11-10-25(2)3/h5-9,12,15H,10-11,13-14H2,1-4H3/t15-,22+/m1/s1. The molecule has 0 spiro atoms. The molecule has 2 heterocycles. The number of aromatic nitrogens is 1. The van der Waals surface area contributed by atoms with Crippen LogP contribution in [0, 0.1) is 5.82 Å². The zero-order chi connectivity index (χ0) is 22.8. The first-order valence-corrected chi connectivity index (χ1v) is 10.1. The van der Waals surface area contributed by atoms with E-state index in [1.165, 1.54) is 29.4 Å². The van der Waals surface area contributed by atoms with Crippen LogP contribution in [-0.4, -0.2) is 71.8 Å². The maximum atomic E-state index is 14.8. The third-order valence-corrected chi connectivity index (χ3v) is 5.88. The van der Waals surface area contributed by atoms with Gasteiger partial charge >= 0.3 is 0 Å². The van der Waals surface area contributed by atoms with E-state index >= 15 is 0 Å². The lowest BCUT2D eigenvalue weighted by Gasteiger charge is -2.31. The van der Waals surface area contributed by atoms with Crippen LogP contribution in [0.2, 0.25) is 0 Å². The average Bonchev–Trinajstić information content (AvgIpc) is 3.34. The van der Waals surface area contributed by atoms with Crippen molar-refractivity contribution in [1.29, 1.82) is 0 Å². The molecule has 1 aromatic heterocycles. The maximum Gasteiger partial charge on any atom is 0.241 e. The van der Waals surface area contributed by atoms with Crippen LogP contribution < -0.4 is 0 Å². The summed E-state index contributed by atoms with van der Waals surface area (Å²) in [6.45, 7) is 2.43. The van der Waals surface area contributed by atoms with E-state index in [9.17, 15) is 18.8 Å². The van der Waals surface area contributed by atoms with E-state index in [4.69, 9.17) is 4.52 Å². The van der Waals surface area contributed by atoms with Gasteiger partial charge in [0.2, 0.25) is 17.7 Å². The quantitative estimate of drug-likeness (QED) is 0.596. The van der Waals surface area contributed by atoms with Gasteiger partial charge in [-0.3, -0.25) is 19.3 Å². The first kappa shape index (κ1) is 22.6. The van der Waals surface area contributed by atoms with Gasteiger partial charge in [0.1, 0.15) is 17.8 Å². The van der Waals surface area contributed by atoms with Gasteiger partial charge in [-0.1, -0.05) is 23.4 Å². The van der Waals surface area contributed by atoms with Gasteiger partial charge in [-0.2, -0.15) is 0 Å².